The lowest BCUT2D eigenvalue weighted by Gasteiger charge is -2.57. The van der Waals surface area contributed by atoms with E-state index >= 15 is 0 Å². The van der Waals surface area contributed by atoms with Crippen LogP contribution in [0.4, 0.5) is 17.1 Å². The molecular weight excluding hydrogens is 675 g/mol. The van der Waals surface area contributed by atoms with E-state index in [9.17, 15) is 0 Å². The van der Waals surface area contributed by atoms with E-state index < -0.39 is 0 Å². The Bertz CT molecular complexity index is 2340. The molecule has 0 radical (unpaired) electrons. The zero-order valence-electron chi connectivity index (χ0n) is 33.3. The van der Waals surface area contributed by atoms with Crippen LogP contribution in [0.15, 0.2) is 140 Å². The van der Waals surface area contributed by atoms with Crippen molar-refractivity contribution in [3.8, 4) is 33.4 Å². The Morgan fingerprint density at radius 2 is 0.982 bits per heavy atom. The second kappa shape index (κ2) is 13.4. The Kier molecular flexibility index (Phi) is 8.20. The van der Waals surface area contributed by atoms with Crippen LogP contribution in [0.1, 0.15) is 113 Å². The molecule has 0 atom stereocenters. The van der Waals surface area contributed by atoms with E-state index in [0.717, 1.165) is 17.8 Å². The summed E-state index contributed by atoms with van der Waals surface area (Å²) >= 11 is 0. The number of fused-ring (bicyclic) bond motifs is 3. The van der Waals surface area contributed by atoms with Gasteiger partial charge in [-0.25, -0.2) is 0 Å². The topological polar surface area (TPSA) is 3.24 Å². The molecule has 6 aliphatic carbocycles. The average molecular weight is 730 g/mol. The highest BCUT2D eigenvalue weighted by molar-refractivity contribution is 5.93. The van der Waals surface area contributed by atoms with Crippen LogP contribution in [-0.4, -0.2) is 0 Å². The van der Waals surface area contributed by atoms with E-state index in [1.165, 1.54) is 138 Å². The molecule has 0 heterocycles. The molecule has 0 unspecified atom stereocenters. The van der Waals surface area contributed by atoms with Crippen molar-refractivity contribution in [2.24, 2.45) is 17.8 Å². The molecule has 6 aliphatic rings. The molecule has 1 nitrogen and oxygen atoms in total. The van der Waals surface area contributed by atoms with Gasteiger partial charge in [-0.2, -0.15) is 0 Å². The summed E-state index contributed by atoms with van der Waals surface area (Å²) in [5, 5.41) is 0. The highest BCUT2D eigenvalue weighted by Gasteiger charge is 2.51. The molecule has 5 saturated carbocycles. The van der Waals surface area contributed by atoms with Crippen LogP contribution in [0.2, 0.25) is 0 Å². The molecule has 1 heteroatoms. The van der Waals surface area contributed by atoms with Crippen LogP contribution in [0.5, 0.6) is 0 Å². The molecule has 6 aromatic carbocycles. The van der Waals surface area contributed by atoms with Gasteiger partial charge in [0, 0.05) is 22.5 Å². The second-order valence-corrected chi connectivity index (χ2v) is 19.0. The first-order chi connectivity index (χ1) is 27.4. The lowest BCUT2D eigenvalue weighted by Crippen LogP contribution is -2.48. The van der Waals surface area contributed by atoms with Crippen molar-refractivity contribution in [1.29, 1.82) is 0 Å². The van der Waals surface area contributed by atoms with Crippen molar-refractivity contribution in [3.63, 3.8) is 0 Å². The smallest absolute Gasteiger partial charge is 0.0465 e. The van der Waals surface area contributed by atoms with Gasteiger partial charge >= 0.3 is 0 Å². The number of nitrogens with zero attached hydrogens (tertiary/aromatic N) is 1. The van der Waals surface area contributed by atoms with Crippen molar-refractivity contribution in [2.75, 3.05) is 4.90 Å². The number of hydrogen-bond donors (Lipinski definition) is 0. The van der Waals surface area contributed by atoms with Crippen LogP contribution in [0, 0.1) is 17.8 Å². The van der Waals surface area contributed by atoms with E-state index in [4.69, 9.17) is 0 Å². The summed E-state index contributed by atoms with van der Waals surface area (Å²) in [6.45, 7) is 4.87. The molecule has 0 aromatic heterocycles. The maximum Gasteiger partial charge on any atom is 0.0465 e. The van der Waals surface area contributed by atoms with Gasteiger partial charge in [0.2, 0.25) is 0 Å². The molecule has 6 aromatic rings. The number of anilines is 3. The monoisotopic (exact) mass is 729 g/mol. The van der Waals surface area contributed by atoms with E-state index in [1.54, 1.807) is 5.56 Å². The summed E-state index contributed by atoms with van der Waals surface area (Å²) in [7, 11) is 0. The third kappa shape index (κ3) is 5.71. The summed E-state index contributed by atoms with van der Waals surface area (Å²) in [5.74, 6) is 3.55. The molecule has 0 saturated heterocycles. The van der Waals surface area contributed by atoms with Crippen molar-refractivity contribution >= 4 is 17.1 Å². The summed E-state index contributed by atoms with van der Waals surface area (Å²) in [4.78, 5) is 2.54. The highest BCUT2D eigenvalue weighted by atomic mass is 15.1. The molecule has 5 fully saturated rings. The molecular formula is C55H55N. The van der Waals surface area contributed by atoms with Crippen molar-refractivity contribution in [2.45, 2.75) is 101 Å². The highest BCUT2D eigenvalue weighted by Crippen LogP contribution is 2.61. The van der Waals surface area contributed by atoms with E-state index in [-0.39, 0.29) is 5.41 Å². The Hall–Kier alpha value is -4.88. The summed E-state index contributed by atoms with van der Waals surface area (Å²) < 4.78 is 0. The summed E-state index contributed by atoms with van der Waals surface area (Å²) in [6, 6.07) is 53.8. The van der Waals surface area contributed by atoms with Gasteiger partial charge in [-0.3, -0.25) is 0 Å². The SMILES string of the molecule is CC1(C)c2cc(N(c3ccc(C4CCCCC4)cc3)c3ccc(C45CC6CC(CC(C6)C4)C5)cc3)ccc2-c2cc(-c3ccccc3)c(-c3ccccc3)cc21. The lowest BCUT2D eigenvalue weighted by atomic mass is 9.48. The van der Waals surface area contributed by atoms with Crippen LogP contribution in [0.25, 0.3) is 33.4 Å². The van der Waals surface area contributed by atoms with Gasteiger partial charge in [0.1, 0.15) is 0 Å². The first-order valence-corrected chi connectivity index (χ1v) is 21.9. The van der Waals surface area contributed by atoms with Gasteiger partial charge in [-0.1, -0.05) is 124 Å². The van der Waals surface area contributed by atoms with Gasteiger partial charge in [-0.15, -0.1) is 0 Å². The zero-order chi connectivity index (χ0) is 37.4. The largest absolute Gasteiger partial charge is 0.310 e. The van der Waals surface area contributed by atoms with Crippen molar-refractivity contribution in [1.82, 2.24) is 0 Å². The zero-order valence-corrected chi connectivity index (χ0v) is 33.3. The number of rotatable bonds is 7. The Labute approximate surface area is 334 Å². The molecule has 0 N–H and O–H groups in total. The molecule has 280 valence electrons. The van der Waals surface area contributed by atoms with Gasteiger partial charge in [0.25, 0.3) is 0 Å². The summed E-state index contributed by atoms with van der Waals surface area (Å²) in [6.07, 6.45) is 15.4. The normalized spacial score (nSPS) is 24.5. The van der Waals surface area contributed by atoms with Gasteiger partial charge in [-0.05, 0) is 185 Å². The number of benzene rings is 6. The third-order valence-corrected chi connectivity index (χ3v) is 15.2. The van der Waals surface area contributed by atoms with E-state index in [2.05, 4.69) is 158 Å². The van der Waals surface area contributed by atoms with Crippen molar-refractivity contribution in [3.05, 3.63) is 162 Å². The lowest BCUT2D eigenvalue weighted by molar-refractivity contribution is -0.00518. The maximum absolute atomic E-state index is 2.54. The first-order valence-electron chi connectivity index (χ1n) is 21.9. The molecule has 0 amide bonds. The Morgan fingerprint density at radius 3 is 1.57 bits per heavy atom. The quantitative estimate of drug-likeness (QED) is 0.158. The van der Waals surface area contributed by atoms with E-state index in [0.29, 0.717) is 11.3 Å². The first kappa shape index (κ1) is 34.4. The fraction of sp³-hybridized carbons (Fsp3) is 0.345. The summed E-state index contributed by atoms with van der Waals surface area (Å²) in [5.41, 5.74) is 17.8. The molecule has 56 heavy (non-hydrogen) atoms. The van der Waals surface area contributed by atoms with Crippen LogP contribution in [-0.2, 0) is 10.8 Å². The predicted molar refractivity (Wildman–Crippen MR) is 235 cm³/mol. The molecule has 0 spiro atoms. The van der Waals surface area contributed by atoms with Crippen LogP contribution < -0.4 is 4.90 Å². The standard InChI is InChI=1S/C55H55N/c1-54(2)52-31-47(26-27-48(52)51-32-49(42-14-8-4-9-15-42)50(33-53(51)54)43-16-10-5-11-17-43)56(45-22-18-41(19-23-45)40-12-6-3-7-13-40)46-24-20-44(21-25-46)55-34-37-28-38(35-55)30-39(29-37)36-55/h4-5,8-11,14-27,31-33,37-40H,3,6-7,12-13,28-30,34-36H2,1-2H3. The van der Waals surface area contributed by atoms with Gasteiger partial charge in [0.15, 0.2) is 0 Å². The minimum Gasteiger partial charge on any atom is -0.310 e. The molecule has 4 bridgehead atoms. The molecule has 0 aliphatic heterocycles. The van der Waals surface area contributed by atoms with E-state index in [1.807, 2.05) is 0 Å². The van der Waals surface area contributed by atoms with Crippen LogP contribution >= 0.6 is 0 Å². The minimum atomic E-state index is -0.154. The van der Waals surface area contributed by atoms with Crippen molar-refractivity contribution < 1.29 is 0 Å². The fourth-order valence-corrected chi connectivity index (χ4v) is 12.8. The minimum absolute atomic E-state index is 0.154. The van der Waals surface area contributed by atoms with Crippen LogP contribution in [0.3, 0.4) is 0 Å². The number of hydrogen-bond acceptors (Lipinski definition) is 1. The second-order valence-electron chi connectivity index (χ2n) is 19.0. The van der Waals surface area contributed by atoms with Gasteiger partial charge in [0.05, 0.1) is 0 Å². The third-order valence-electron chi connectivity index (χ3n) is 15.2. The predicted octanol–water partition coefficient (Wildman–Crippen LogP) is 15.3. The fourth-order valence-electron chi connectivity index (χ4n) is 12.8. The molecule has 12 rings (SSSR count). The maximum atomic E-state index is 2.54. The Morgan fingerprint density at radius 1 is 0.464 bits per heavy atom. The van der Waals surface area contributed by atoms with Gasteiger partial charge < -0.3 is 4.90 Å². The Balaban J connectivity index is 1.01. The average Bonchev–Trinajstić information content (AvgIpc) is 3.46.